The maximum absolute atomic E-state index is 11.4. The summed E-state index contributed by atoms with van der Waals surface area (Å²) in [6, 6.07) is 5.80. The third-order valence-corrected chi connectivity index (χ3v) is 3.76. The van der Waals surface area contributed by atoms with Gasteiger partial charge in [-0.3, -0.25) is 0 Å². The lowest BCUT2D eigenvalue weighted by Crippen LogP contribution is -2.24. The van der Waals surface area contributed by atoms with Crippen molar-refractivity contribution in [1.82, 2.24) is 0 Å². The number of hydrogen-bond acceptors (Lipinski definition) is 4. The molecule has 0 fully saturated rings. The molecular weight excluding hydrogens is 216 g/mol. The molecule has 15 heavy (non-hydrogen) atoms. The van der Waals surface area contributed by atoms with E-state index in [4.69, 9.17) is 0 Å². The molecule has 0 N–H and O–H groups in total. The minimum absolute atomic E-state index is 0.0346. The second kappa shape index (κ2) is 4.44. The lowest BCUT2D eigenvalue weighted by Gasteiger charge is -2.04. The molecule has 0 bridgehead atoms. The molecule has 5 heteroatoms. The second-order valence-corrected chi connectivity index (χ2v) is 5.37. The maximum Gasteiger partial charge on any atom is 0.178 e. The predicted octanol–water partition coefficient (Wildman–Crippen LogP) is -0.227. The lowest BCUT2D eigenvalue weighted by molar-refractivity contribution is -0.304. The summed E-state index contributed by atoms with van der Waals surface area (Å²) in [7, 11) is -3.21. The molecule has 0 radical (unpaired) electrons. The lowest BCUT2D eigenvalue weighted by atomic mass is 10.2. The molecule has 1 aromatic rings. The van der Waals surface area contributed by atoms with Crippen LogP contribution in [0.25, 0.3) is 0 Å². The van der Waals surface area contributed by atoms with Gasteiger partial charge in [-0.1, -0.05) is 19.1 Å². The van der Waals surface area contributed by atoms with E-state index >= 15 is 0 Å². The average Bonchev–Trinajstić information content (AvgIpc) is 2.18. The van der Waals surface area contributed by atoms with Crippen LogP contribution in [-0.2, 0) is 21.1 Å². The Morgan fingerprint density at radius 2 is 1.80 bits per heavy atom. The summed E-state index contributed by atoms with van der Waals surface area (Å²) in [5.74, 6) is -1.14. The summed E-state index contributed by atoms with van der Waals surface area (Å²) < 4.78 is 22.8. The Hall–Kier alpha value is -1.36. The molecule has 0 atom stereocenters. The fourth-order valence-electron chi connectivity index (χ4n) is 1.15. The minimum Gasteiger partial charge on any atom is -0.550 e. The number of sulfone groups is 1. The van der Waals surface area contributed by atoms with E-state index in [9.17, 15) is 18.3 Å². The summed E-state index contributed by atoms with van der Waals surface area (Å²) in [5, 5.41) is 10.3. The van der Waals surface area contributed by atoms with Gasteiger partial charge >= 0.3 is 0 Å². The van der Waals surface area contributed by atoms with Crippen molar-refractivity contribution in [3.05, 3.63) is 29.8 Å². The SMILES string of the molecule is CCS(=O)(=O)c1ccc(CC(=O)[O-])cc1. The zero-order valence-corrected chi connectivity index (χ0v) is 9.08. The van der Waals surface area contributed by atoms with Gasteiger partial charge in [-0.25, -0.2) is 8.42 Å². The van der Waals surface area contributed by atoms with Gasteiger partial charge in [-0.05, 0) is 17.7 Å². The molecule has 0 aromatic heterocycles. The number of benzene rings is 1. The molecule has 4 nitrogen and oxygen atoms in total. The summed E-state index contributed by atoms with van der Waals surface area (Å²) in [6.45, 7) is 1.56. The fraction of sp³-hybridized carbons (Fsp3) is 0.300. The van der Waals surface area contributed by atoms with Crippen molar-refractivity contribution < 1.29 is 18.3 Å². The van der Waals surface area contributed by atoms with E-state index in [-0.39, 0.29) is 17.1 Å². The molecule has 0 spiro atoms. The maximum atomic E-state index is 11.4. The number of aliphatic carboxylic acids is 1. The summed E-state index contributed by atoms with van der Waals surface area (Å²) in [6.07, 6.45) is -0.202. The van der Waals surface area contributed by atoms with Crippen LogP contribution >= 0.6 is 0 Å². The zero-order valence-electron chi connectivity index (χ0n) is 8.26. The van der Waals surface area contributed by atoms with Crippen LogP contribution in [0, 0.1) is 0 Å². The zero-order chi connectivity index (χ0) is 11.5. The number of hydrogen-bond donors (Lipinski definition) is 0. The van der Waals surface area contributed by atoms with Gasteiger partial charge in [0.1, 0.15) is 0 Å². The third kappa shape index (κ3) is 3.06. The van der Waals surface area contributed by atoms with Crippen LogP contribution in [0.5, 0.6) is 0 Å². The van der Waals surface area contributed by atoms with E-state index in [0.29, 0.717) is 5.56 Å². The highest BCUT2D eigenvalue weighted by Gasteiger charge is 2.10. The van der Waals surface area contributed by atoms with E-state index in [1.165, 1.54) is 24.3 Å². The van der Waals surface area contributed by atoms with Crippen molar-refractivity contribution in [3.8, 4) is 0 Å². The van der Waals surface area contributed by atoms with Gasteiger partial charge in [-0.15, -0.1) is 0 Å². The van der Waals surface area contributed by atoms with Crippen LogP contribution in [0.2, 0.25) is 0 Å². The number of carboxylic acid groups (broad SMARTS) is 1. The van der Waals surface area contributed by atoms with Crippen molar-refractivity contribution >= 4 is 15.8 Å². The van der Waals surface area contributed by atoms with E-state index in [2.05, 4.69) is 0 Å². The fourth-order valence-corrected chi connectivity index (χ4v) is 2.03. The Balaban J connectivity index is 2.95. The van der Waals surface area contributed by atoms with Gasteiger partial charge in [0, 0.05) is 12.4 Å². The van der Waals surface area contributed by atoms with E-state index in [1.807, 2.05) is 0 Å². The van der Waals surface area contributed by atoms with Gasteiger partial charge in [0.15, 0.2) is 9.84 Å². The van der Waals surface area contributed by atoms with Crippen molar-refractivity contribution in [2.45, 2.75) is 18.2 Å². The van der Waals surface area contributed by atoms with E-state index < -0.39 is 15.8 Å². The molecule has 0 aliphatic rings. The molecule has 0 heterocycles. The Bertz CT molecular complexity index is 445. The summed E-state index contributed by atoms with van der Waals surface area (Å²) in [4.78, 5) is 10.5. The second-order valence-electron chi connectivity index (χ2n) is 3.10. The first-order valence-corrected chi connectivity index (χ1v) is 6.12. The van der Waals surface area contributed by atoms with Crippen molar-refractivity contribution in [1.29, 1.82) is 0 Å². The highest BCUT2D eigenvalue weighted by atomic mass is 32.2. The monoisotopic (exact) mass is 227 g/mol. The summed E-state index contributed by atoms with van der Waals surface area (Å²) >= 11 is 0. The first-order chi connectivity index (χ1) is 6.95. The van der Waals surface area contributed by atoms with Crippen LogP contribution in [-0.4, -0.2) is 20.1 Å². The number of rotatable bonds is 4. The van der Waals surface area contributed by atoms with Crippen LogP contribution in [0.1, 0.15) is 12.5 Å². The number of carboxylic acids is 1. The van der Waals surface area contributed by atoms with Crippen molar-refractivity contribution in [2.24, 2.45) is 0 Å². The highest BCUT2D eigenvalue weighted by Crippen LogP contribution is 2.12. The van der Waals surface area contributed by atoms with Gasteiger partial charge in [-0.2, -0.15) is 0 Å². The Kier molecular flexibility index (Phi) is 3.47. The Morgan fingerprint density at radius 1 is 1.27 bits per heavy atom. The van der Waals surface area contributed by atoms with Crippen LogP contribution < -0.4 is 5.11 Å². The number of carbonyl (C=O) groups excluding carboxylic acids is 1. The predicted molar refractivity (Wildman–Crippen MR) is 52.9 cm³/mol. The van der Waals surface area contributed by atoms with Gasteiger partial charge < -0.3 is 9.90 Å². The molecule has 1 rings (SSSR count). The standard InChI is InChI=1S/C10H12O4S/c1-2-15(13,14)9-5-3-8(4-6-9)7-10(11)12/h3-6H,2,7H2,1H3,(H,11,12)/p-1. The molecule has 0 saturated heterocycles. The molecule has 0 aliphatic carbocycles. The van der Waals surface area contributed by atoms with Gasteiger partial charge in [0.25, 0.3) is 0 Å². The van der Waals surface area contributed by atoms with E-state index in [0.717, 1.165) is 0 Å². The molecule has 1 aromatic carbocycles. The quantitative estimate of drug-likeness (QED) is 0.712. The van der Waals surface area contributed by atoms with Crippen LogP contribution in [0.3, 0.4) is 0 Å². The Labute approximate surface area is 88.5 Å². The van der Waals surface area contributed by atoms with Crippen molar-refractivity contribution in [2.75, 3.05) is 5.75 Å². The van der Waals surface area contributed by atoms with Crippen molar-refractivity contribution in [3.63, 3.8) is 0 Å². The topological polar surface area (TPSA) is 74.3 Å². The molecule has 0 aliphatic heterocycles. The molecular formula is C10H11O4S-. The van der Waals surface area contributed by atoms with Gasteiger partial charge in [0.2, 0.25) is 0 Å². The first kappa shape index (κ1) is 11.7. The van der Waals surface area contributed by atoms with Crippen LogP contribution in [0.4, 0.5) is 0 Å². The Morgan fingerprint density at radius 3 is 2.20 bits per heavy atom. The van der Waals surface area contributed by atoms with E-state index in [1.54, 1.807) is 6.92 Å². The third-order valence-electron chi connectivity index (χ3n) is 2.01. The van der Waals surface area contributed by atoms with Crippen LogP contribution in [0.15, 0.2) is 29.2 Å². The normalized spacial score (nSPS) is 11.3. The number of carbonyl (C=O) groups is 1. The molecule has 82 valence electrons. The summed E-state index contributed by atoms with van der Waals surface area (Å²) in [5.41, 5.74) is 0.532. The first-order valence-electron chi connectivity index (χ1n) is 4.47. The largest absolute Gasteiger partial charge is 0.550 e. The average molecular weight is 227 g/mol. The highest BCUT2D eigenvalue weighted by molar-refractivity contribution is 7.91. The molecule has 0 saturated carbocycles. The molecule has 0 unspecified atom stereocenters. The molecule has 0 amide bonds. The minimum atomic E-state index is -3.21. The van der Waals surface area contributed by atoms with Gasteiger partial charge in [0.05, 0.1) is 10.6 Å². The smallest absolute Gasteiger partial charge is 0.178 e.